The standard InChI is InChI=1S/C17H22N2/c1-3-18-9-10-19-15-8-7-12(2)11-14(15)13-5-4-6-16(18)17(13)19/h7-8,11,16H,3-6,9-10H2,1-2H3/p+1. The predicted molar refractivity (Wildman–Crippen MR) is 78.7 cm³/mol. The Hall–Kier alpha value is -1.28. The Labute approximate surface area is 115 Å². The van der Waals surface area contributed by atoms with Crippen LogP contribution in [0.4, 0.5) is 0 Å². The molecular formula is C17H23N2+. The van der Waals surface area contributed by atoms with Crippen molar-refractivity contribution >= 4 is 10.9 Å². The maximum absolute atomic E-state index is 2.63. The van der Waals surface area contributed by atoms with Crippen LogP contribution in [-0.4, -0.2) is 17.7 Å². The summed E-state index contributed by atoms with van der Waals surface area (Å²) in [6, 6.07) is 7.78. The van der Waals surface area contributed by atoms with Gasteiger partial charge < -0.3 is 9.47 Å². The lowest BCUT2D eigenvalue weighted by Gasteiger charge is -2.36. The van der Waals surface area contributed by atoms with Crippen molar-refractivity contribution in [2.45, 2.75) is 45.7 Å². The lowest BCUT2D eigenvalue weighted by Crippen LogP contribution is -3.13. The molecule has 1 aromatic carbocycles. The second kappa shape index (κ2) is 4.11. The van der Waals surface area contributed by atoms with Gasteiger partial charge in [0, 0.05) is 17.3 Å². The van der Waals surface area contributed by atoms with Crippen molar-refractivity contribution in [2.75, 3.05) is 13.1 Å². The summed E-state index contributed by atoms with van der Waals surface area (Å²) >= 11 is 0. The Balaban J connectivity index is 2.01. The minimum Gasteiger partial charge on any atom is -0.334 e. The van der Waals surface area contributed by atoms with Crippen LogP contribution >= 0.6 is 0 Å². The third kappa shape index (κ3) is 1.53. The van der Waals surface area contributed by atoms with Crippen LogP contribution in [0.1, 0.15) is 42.6 Å². The summed E-state index contributed by atoms with van der Waals surface area (Å²) in [5, 5.41) is 1.54. The zero-order chi connectivity index (χ0) is 13.0. The maximum Gasteiger partial charge on any atom is 0.129 e. The largest absolute Gasteiger partial charge is 0.334 e. The van der Waals surface area contributed by atoms with Crippen LogP contribution in [0.15, 0.2) is 18.2 Å². The first-order valence-corrected chi connectivity index (χ1v) is 7.75. The summed E-state index contributed by atoms with van der Waals surface area (Å²) in [6.07, 6.45) is 4.04. The molecule has 19 heavy (non-hydrogen) atoms. The van der Waals surface area contributed by atoms with Crippen molar-refractivity contribution in [1.29, 1.82) is 0 Å². The van der Waals surface area contributed by atoms with Gasteiger partial charge in [-0.2, -0.15) is 0 Å². The molecule has 0 spiro atoms. The predicted octanol–water partition coefficient (Wildman–Crippen LogP) is 2.25. The van der Waals surface area contributed by atoms with Crippen LogP contribution < -0.4 is 4.90 Å². The number of quaternary nitrogens is 1. The van der Waals surface area contributed by atoms with Crippen LogP contribution in [0.2, 0.25) is 0 Å². The molecule has 1 N–H and O–H groups in total. The molecule has 0 saturated carbocycles. The molecule has 0 saturated heterocycles. The molecule has 4 rings (SSSR count). The van der Waals surface area contributed by atoms with Crippen LogP contribution in [0, 0.1) is 6.92 Å². The van der Waals surface area contributed by atoms with E-state index in [2.05, 4.69) is 36.6 Å². The fourth-order valence-electron chi connectivity index (χ4n) is 4.33. The highest BCUT2D eigenvalue weighted by Gasteiger charge is 2.36. The minimum atomic E-state index is 0.759. The maximum atomic E-state index is 2.63. The smallest absolute Gasteiger partial charge is 0.129 e. The molecule has 0 amide bonds. The van der Waals surface area contributed by atoms with Crippen molar-refractivity contribution < 1.29 is 4.90 Å². The third-order valence-electron chi connectivity index (χ3n) is 5.22. The number of rotatable bonds is 1. The molecule has 1 aliphatic carbocycles. The van der Waals surface area contributed by atoms with E-state index >= 15 is 0 Å². The monoisotopic (exact) mass is 255 g/mol. The highest BCUT2D eigenvalue weighted by Crippen LogP contribution is 2.37. The Morgan fingerprint density at radius 1 is 1.37 bits per heavy atom. The first-order valence-electron chi connectivity index (χ1n) is 7.75. The van der Waals surface area contributed by atoms with Crippen molar-refractivity contribution in [3.05, 3.63) is 35.0 Å². The second-order valence-corrected chi connectivity index (χ2v) is 6.24. The van der Waals surface area contributed by atoms with E-state index in [1.54, 1.807) is 16.2 Å². The molecular weight excluding hydrogens is 232 g/mol. The van der Waals surface area contributed by atoms with E-state index in [1.165, 1.54) is 55.4 Å². The average molecular weight is 255 g/mol. The normalized spacial score (nSPS) is 25.6. The lowest BCUT2D eigenvalue weighted by molar-refractivity contribution is -0.935. The molecule has 2 heteroatoms. The van der Waals surface area contributed by atoms with E-state index in [1.807, 2.05) is 0 Å². The minimum absolute atomic E-state index is 0.759. The fraction of sp³-hybridized carbons (Fsp3) is 0.529. The van der Waals surface area contributed by atoms with Gasteiger partial charge in [0.15, 0.2) is 0 Å². The summed E-state index contributed by atoms with van der Waals surface area (Å²) in [5.41, 5.74) is 6.22. The Kier molecular flexibility index (Phi) is 2.49. The molecule has 2 nitrogen and oxygen atoms in total. The summed E-state index contributed by atoms with van der Waals surface area (Å²) in [5.74, 6) is 0. The number of hydrogen-bond donors (Lipinski definition) is 1. The van der Waals surface area contributed by atoms with Crippen molar-refractivity contribution in [3.63, 3.8) is 0 Å². The van der Waals surface area contributed by atoms with Crippen LogP contribution in [0.3, 0.4) is 0 Å². The molecule has 0 fully saturated rings. The van der Waals surface area contributed by atoms with Crippen LogP contribution in [0.5, 0.6) is 0 Å². The van der Waals surface area contributed by atoms with Gasteiger partial charge in [-0.05, 0) is 44.4 Å². The molecule has 0 bridgehead atoms. The number of aryl methyl sites for hydroxylation is 2. The van der Waals surface area contributed by atoms with Crippen molar-refractivity contribution in [2.24, 2.45) is 0 Å². The van der Waals surface area contributed by atoms with Gasteiger partial charge in [-0.25, -0.2) is 0 Å². The van der Waals surface area contributed by atoms with E-state index in [0.717, 1.165) is 6.04 Å². The highest BCUT2D eigenvalue weighted by molar-refractivity contribution is 5.86. The lowest BCUT2D eigenvalue weighted by atomic mass is 9.89. The van der Waals surface area contributed by atoms with Gasteiger partial charge in [0.2, 0.25) is 0 Å². The number of hydrogen-bond acceptors (Lipinski definition) is 0. The van der Waals surface area contributed by atoms with Gasteiger partial charge >= 0.3 is 0 Å². The number of aromatic nitrogens is 1. The van der Waals surface area contributed by atoms with Gasteiger partial charge in [-0.1, -0.05) is 11.6 Å². The van der Waals surface area contributed by atoms with E-state index in [-0.39, 0.29) is 0 Å². The molecule has 1 aromatic heterocycles. The van der Waals surface area contributed by atoms with Crippen molar-refractivity contribution in [1.82, 2.24) is 4.57 Å². The zero-order valence-corrected chi connectivity index (χ0v) is 12.0. The molecule has 2 aliphatic rings. The highest BCUT2D eigenvalue weighted by atomic mass is 15.2. The SMILES string of the molecule is CC[NH+]1CCn2c3c(c4cc(C)ccc42)CCCC31. The number of benzene rings is 1. The summed E-state index contributed by atoms with van der Waals surface area (Å²) in [6.45, 7) is 8.32. The van der Waals surface area contributed by atoms with Crippen LogP contribution in [0.25, 0.3) is 10.9 Å². The molecule has 1 aliphatic heterocycles. The average Bonchev–Trinajstić information content (AvgIpc) is 2.75. The Bertz CT molecular complexity index is 638. The first kappa shape index (κ1) is 11.5. The van der Waals surface area contributed by atoms with Crippen LogP contribution in [-0.2, 0) is 13.0 Å². The Morgan fingerprint density at radius 3 is 3.11 bits per heavy atom. The fourth-order valence-corrected chi connectivity index (χ4v) is 4.33. The van der Waals surface area contributed by atoms with Gasteiger partial charge in [0.1, 0.15) is 6.04 Å². The topological polar surface area (TPSA) is 9.37 Å². The Morgan fingerprint density at radius 2 is 2.26 bits per heavy atom. The van der Waals surface area contributed by atoms with E-state index in [0.29, 0.717) is 0 Å². The van der Waals surface area contributed by atoms with E-state index < -0.39 is 0 Å². The second-order valence-electron chi connectivity index (χ2n) is 6.24. The van der Waals surface area contributed by atoms with Gasteiger partial charge in [-0.15, -0.1) is 0 Å². The molecule has 2 heterocycles. The molecule has 2 unspecified atom stereocenters. The quantitative estimate of drug-likeness (QED) is 0.800. The number of nitrogens with one attached hydrogen (secondary N) is 1. The van der Waals surface area contributed by atoms with Gasteiger partial charge in [0.05, 0.1) is 25.3 Å². The molecule has 2 aromatic rings. The molecule has 0 radical (unpaired) electrons. The molecule has 2 atom stereocenters. The number of fused-ring (bicyclic) bond motifs is 3. The number of likely N-dealkylation sites (N-methyl/N-ethyl adjacent to an activating group) is 1. The van der Waals surface area contributed by atoms with Gasteiger partial charge in [0.25, 0.3) is 0 Å². The number of nitrogens with zero attached hydrogens (tertiary/aromatic N) is 1. The van der Waals surface area contributed by atoms with E-state index in [9.17, 15) is 0 Å². The summed E-state index contributed by atoms with van der Waals surface area (Å²) in [7, 11) is 0. The summed E-state index contributed by atoms with van der Waals surface area (Å²) in [4.78, 5) is 1.80. The molecule has 100 valence electrons. The first-order chi connectivity index (χ1) is 9.29. The zero-order valence-electron chi connectivity index (χ0n) is 12.0. The van der Waals surface area contributed by atoms with Gasteiger partial charge in [-0.3, -0.25) is 0 Å². The third-order valence-corrected chi connectivity index (χ3v) is 5.22. The summed E-state index contributed by atoms with van der Waals surface area (Å²) < 4.78 is 2.63. The van der Waals surface area contributed by atoms with Crippen molar-refractivity contribution in [3.8, 4) is 0 Å². The van der Waals surface area contributed by atoms with E-state index in [4.69, 9.17) is 0 Å².